The van der Waals surface area contributed by atoms with Crippen molar-refractivity contribution in [2.75, 3.05) is 12.3 Å². The van der Waals surface area contributed by atoms with Gasteiger partial charge in [-0.25, -0.2) is 22.9 Å². The van der Waals surface area contributed by atoms with E-state index in [1.54, 1.807) is 0 Å². The Morgan fingerprint density at radius 1 is 1.13 bits per heavy atom. The quantitative estimate of drug-likeness (QED) is 0.180. The Kier molecular flexibility index (Phi) is 7.94. The van der Waals surface area contributed by atoms with Crippen LogP contribution < -0.4 is 11.4 Å². The molecule has 1 fully saturated rings. The third kappa shape index (κ3) is 6.94. The first-order valence-corrected chi connectivity index (χ1v) is 12.3. The van der Waals surface area contributed by atoms with Crippen LogP contribution in [0.4, 0.5) is 10.2 Å². The maximum Gasteiger partial charge on any atom is 0.490 e. The van der Waals surface area contributed by atoms with Crippen LogP contribution in [0.2, 0.25) is 0 Å². The van der Waals surface area contributed by atoms with Crippen LogP contribution in [-0.2, 0) is 38.3 Å². The molecule has 1 aliphatic rings. The highest BCUT2D eigenvalue weighted by Crippen LogP contribution is 2.66. The highest BCUT2D eigenvalue weighted by atomic mass is 31.3. The zero-order chi connectivity index (χ0) is 23.8. The summed E-state index contributed by atoms with van der Waals surface area (Å²) in [5.41, 5.74) is 4.04. The van der Waals surface area contributed by atoms with Gasteiger partial charge in [0.15, 0.2) is 6.23 Å². The average molecular weight is 515 g/mol. The summed E-state index contributed by atoms with van der Waals surface area (Å²) in [5, 5.41) is 20.1. The molecule has 0 bridgehead atoms. The van der Waals surface area contributed by atoms with Gasteiger partial charge in [-0.3, -0.25) is 9.09 Å². The number of halogens is 1. The number of alkyl halides is 1. The van der Waals surface area contributed by atoms with Crippen molar-refractivity contribution >= 4 is 29.3 Å². The maximum atomic E-state index is 12.9. The smallest absolute Gasteiger partial charge is 0.387 e. The predicted octanol–water partition coefficient (Wildman–Crippen LogP) is -1.74. The monoisotopic (exact) mass is 515 g/mol. The van der Waals surface area contributed by atoms with Gasteiger partial charge in [0, 0.05) is 11.8 Å². The lowest BCUT2D eigenvalue weighted by Gasteiger charge is -2.19. The first kappa shape index (κ1) is 26.2. The number of nitrogen functional groups attached to an aromatic ring is 1. The second-order valence-electron chi connectivity index (χ2n) is 5.91. The minimum atomic E-state index is -5.76. The molecule has 0 amide bonds. The Bertz CT molecular complexity index is 1010. The van der Waals surface area contributed by atoms with Gasteiger partial charge in [0.25, 0.3) is 0 Å². The highest BCUT2D eigenvalue weighted by molar-refractivity contribution is 7.66. The van der Waals surface area contributed by atoms with Crippen LogP contribution in [0.5, 0.6) is 0 Å². The van der Waals surface area contributed by atoms with Crippen molar-refractivity contribution in [2.45, 2.75) is 31.2 Å². The SMILES string of the molecule is Nc1nc(=O)n(C2OC(COP(=O)(O)OP(=O)(O)OP(=O)(O)O)C(O)C2O)cc1CF. The molecule has 0 radical (unpaired) electrons. The molecule has 21 heteroatoms. The minimum Gasteiger partial charge on any atom is -0.387 e. The van der Waals surface area contributed by atoms with Crippen LogP contribution in [0.15, 0.2) is 11.0 Å². The molecule has 2 heterocycles. The predicted molar refractivity (Wildman–Crippen MR) is 93.5 cm³/mol. The fourth-order valence-electron chi connectivity index (χ4n) is 2.37. The zero-order valence-corrected chi connectivity index (χ0v) is 17.6. The summed E-state index contributed by atoms with van der Waals surface area (Å²) < 4.78 is 63.6. The van der Waals surface area contributed by atoms with Gasteiger partial charge in [-0.1, -0.05) is 0 Å². The van der Waals surface area contributed by atoms with E-state index in [0.717, 1.165) is 6.20 Å². The normalized spacial score (nSPS) is 28.2. The summed E-state index contributed by atoms with van der Waals surface area (Å²) in [6.07, 6.45) is -6.12. The Labute approximate surface area is 171 Å². The number of ether oxygens (including phenoxy) is 1. The van der Waals surface area contributed by atoms with Crippen molar-refractivity contribution < 1.29 is 65.8 Å². The molecule has 1 saturated heterocycles. The molecule has 17 nitrogen and oxygen atoms in total. The molecule has 1 aromatic rings. The first-order chi connectivity index (χ1) is 14.1. The van der Waals surface area contributed by atoms with E-state index in [1.165, 1.54) is 0 Å². The van der Waals surface area contributed by atoms with Gasteiger partial charge in [-0.05, 0) is 0 Å². The van der Waals surface area contributed by atoms with E-state index in [-0.39, 0.29) is 5.56 Å². The molecule has 178 valence electrons. The van der Waals surface area contributed by atoms with Crippen molar-refractivity contribution in [3.8, 4) is 0 Å². The lowest BCUT2D eigenvalue weighted by molar-refractivity contribution is -0.0542. The van der Waals surface area contributed by atoms with Crippen molar-refractivity contribution in [3.63, 3.8) is 0 Å². The molecule has 6 atom stereocenters. The van der Waals surface area contributed by atoms with E-state index in [0.29, 0.717) is 4.57 Å². The van der Waals surface area contributed by atoms with Crippen molar-refractivity contribution in [2.24, 2.45) is 0 Å². The van der Waals surface area contributed by atoms with E-state index in [1.807, 2.05) is 0 Å². The van der Waals surface area contributed by atoms with E-state index in [2.05, 4.69) is 18.1 Å². The van der Waals surface area contributed by atoms with Gasteiger partial charge in [0.1, 0.15) is 30.8 Å². The number of hydrogen-bond donors (Lipinski definition) is 7. The Hall–Kier alpha value is -1.10. The van der Waals surface area contributed by atoms with Crippen LogP contribution >= 0.6 is 23.5 Å². The fraction of sp³-hybridized carbons (Fsp3) is 0.600. The number of phosphoric acid groups is 3. The second-order valence-corrected chi connectivity index (χ2v) is 10.3. The summed E-state index contributed by atoms with van der Waals surface area (Å²) in [6.45, 7) is -2.22. The number of aromatic nitrogens is 2. The summed E-state index contributed by atoms with van der Waals surface area (Å²) in [5.74, 6) is -0.416. The summed E-state index contributed by atoms with van der Waals surface area (Å²) in [6, 6.07) is 0. The molecule has 31 heavy (non-hydrogen) atoms. The van der Waals surface area contributed by atoms with E-state index < -0.39 is 72.8 Å². The van der Waals surface area contributed by atoms with Gasteiger partial charge < -0.3 is 40.3 Å². The van der Waals surface area contributed by atoms with Crippen molar-refractivity contribution in [1.29, 1.82) is 0 Å². The number of aliphatic hydroxyl groups excluding tert-OH is 2. The molecular formula is C10H17FN3O14P3. The Morgan fingerprint density at radius 2 is 1.74 bits per heavy atom. The Morgan fingerprint density at radius 3 is 2.29 bits per heavy atom. The van der Waals surface area contributed by atoms with E-state index in [9.17, 15) is 38.0 Å². The highest BCUT2D eigenvalue weighted by Gasteiger charge is 2.46. The van der Waals surface area contributed by atoms with Crippen LogP contribution in [0.25, 0.3) is 0 Å². The maximum absolute atomic E-state index is 12.9. The molecule has 0 aromatic carbocycles. The summed E-state index contributed by atoms with van der Waals surface area (Å²) in [7, 11) is -16.9. The summed E-state index contributed by atoms with van der Waals surface area (Å²) >= 11 is 0. The molecule has 1 aliphatic heterocycles. The first-order valence-electron chi connectivity index (χ1n) is 7.78. The standard InChI is InChI=1S/C10H17FN3O14P3/c11-1-4-2-14(10(17)13-8(4)12)9-7(16)6(15)5(26-9)3-25-30(21,22)28-31(23,24)27-29(18,19)20/h2,5-7,9,15-16H,1,3H2,(H,21,22)(H,23,24)(H2,12,13,17)(H2,18,19,20). The van der Waals surface area contributed by atoms with Crippen LogP contribution in [-0.4, -0.2) is 64.3 Å². The molecule has 0 spiro atoms. The fourth-order valence-corrected chi connectivity index (χ4v) is 5.40. The van der Waals surface area contributed by atoms with Crippen LogP contribution in [0.1, 0.15) is 11.8 Å². The lowest BCUT2D eigenvalue weighted by atomic mass is 10.1. The van der Waals surface area contributed by atoms with E-state index in [4.69, 9.17) is 25.2 Å². The van der Waals surface area contributed by atoms with Gasteiger partial charge in [-0.2, -0.15) is 13.6 Å². The van der Waals surface area contributed by atoms with Crippen LogP contribution in [0, 0.1) is 0 Å². The average Bonchev–Trinajstić information content (AvgIpc) is 2.85. The number of phosphoric ester groups is 1. The lowest BCUT2D eigenvalue weighted by Crippen LogP contribution is -2.36. The van der Waals surface area contributed by atoms with Crippen molar-refractivity contribution in [1.82, 2.24) is 9.55 Å². The number of hydrogen-bond acceptors (Lipinski definition) is 12. The van der Waals surface area contributed by atoms with Gasteiger partial charge in [0.05, 0.1) is 6.61 Å². The van der Waals surface area contributed by atoms with Gasteiger partial charge in [-0.15, -0.1) is 0 Å². The number of nitrogens with two attached hydrogens (primary N) is 1. The number of aliphatic hydroxyl groups is 2. The minimum absolute atomic E-state index is 0.235. The molecular weight excluding hydrogens is 498 g/mol. The van der Waals surface area contributed by atoms with Gasteiger partial charge in [0.2, 0.25) is 0 Å². The molecule has 0 saturated carbocycles. The molecule has 6 unspecified atom stereocenters. The molecule has 2 rings (SSSR count). The third-order valence-electron chi connectivity index (χ3n) is 3.63. The number of nitrogens with zero attached hydrogens (tertiary/aromatic N) is 2. The van der Waals surface area contributed by atoms with E-state index >= 15 is 0 Å². The largest absolute Gasteiger partial charge is 0.490 e. The molecule has 1 aromatic heterocycles. The van der Waals surface area contributed by atoms with Crippen molar-refractivity contribution in [3.05, 3.63) is 22.2 Å². The van der Waals surface area contributed by atoms with Gasteiger partial charge >= 0.3 is 29.2 Å². The third-order valence-corrected chi connectivity index (χ3v) is 7.44. The molecule has 8 N–H and O–H groups in total. The number of anilines is 1. The molecule has 0 aliphatic carbocycles. The zero-order valence-electron chi connectivity index (χ0n) is 14.9. The second kappa shape index (κ2) is 9.41. The topological polar surface area (TPSA) is 270 Å². The van der Waals surface area contributed by atoms with Crippen LogP contribution in [0.3, 0.4) is 0 Å². The number of rotatable bonds is 9. The Balaban J connectivity index is 2.11. The summed E-state index contributed by atoms with van der Waals surface area (Å²) in [4.78, 5) is 50.7.